The molecule has 0 saturated heterocycles. The van der Waals surface area contributed by atoms with Crippen LogP contribution in [0.3, 0.4) is 0 Å². The molecule has 0 amide bonds. The van der Waals surface area contributed by atoms with E-state index in [-0.39, 0.29) is 0 Å². The summed E-state index contributed by atoms with van der Waals surface area (Å²) in [5, 5.41) is 0. The Morgan fingerprint density at radius 3 is 2.38 bits per heavy atom. The molecule has 2 aromatic rings. The third-order valence-corrected chi connectivity index (χ3v) is 3.19. The smallest absolute Gasteiger partial charge is 0.0237 e. The summed E-state index contributed by atoms with van der Waals surface area (Å²) >= 11 is 0. The minimum Gasteiger partial charge on any atom is -0.298 e. The molecule has 16 heavy (non-hydrogen) atoms. The van der Waals surface area contributed by atoms with Crippen LogP contribution in [0.2, 0.25) is 0 Å². The molecular formula is C15H15N. The van der Waals surface area contributed by atoms with Gasteiger partial charge in [-0.2, -0.15) is 0 Å². The van der Waals surface area contributed by atoms with Gasteiger partial charge in [0.1, 0.15) is 0 Å². The fourth-order valence-electron chi connectivity index (χ4n) is 2.38. The summed E-state index contributed by atoms with van der Waals surface area (Å²) in [5.41, 5.74) is 5.58. The summed E-state index contributed by atoms with van der Waals surface area (Å²) in [6.45, 7) is 2.17. The monoisotopic (exact) mass is 209 g/mol. The third kappa shape index (κ3) is 1.63. The number of rotatable bonds is 1. The highest BCUT2D eigenvalue weighted by atomic mass is 15.1. The molecule has 0 saturated carbocycles. The van der Waals surface area contributed by atoms with E-state index in [1.54, 1.807) is 0 Å². The van der Waals surface area contributed by atoms with Crippen LogP contribution in [0.4, 0.5) is 0 Å². The minimum atomic E-state index is 1.08. The van der Waals surface area contributed by atoms with E-state index in [9.17, 15) is 0 Å². The zero-order valence-electron chi connectivity index (χ0n) is 9.48. The van der Waals surface area contributed by atoms with Gasteiger partial charge in [0.05, 0.1) is 0 Å². The molecule has 1 heteroatoms. The predicted molar refractivity (Wildman–Crippen MR) is 67.0 cm³/mol. The fraction of sp³-hybridized carbons (Fsp3) is 0.200. The second-order valence-electron chi connectivity index (χ2n) is 4.52. The minimum absolute atomic E-state index is 1.08. The first-order valence-corrected chi connectivity index (χ1v) is 5.69. The van der Waals surface area contributed by atoms with E-state index in [2.05, 4.69) is 60.5 Å². The van der Waals surface area contributed by atoms with Crippen LogP contribution >= 0.6 is 0 Å². The summed E-state index contributed by atoms with van der Waals surface area (Å²) in [6.07, 6.45) is 0. The number of benzene rings is 2. The van der Waals surface area contributed by atoms with Crippen molar-refractivity contribution in [1.82, 2.24) is 4.90 Å². The van der Waals surface area contributed by atoms with Crippen molar-refractivity contribution in [3.05, 3.63) is 59.7 Å². The van der Waals surface area contributed by atoms with Gasteiger partial charge in [-0.1, -0.05) is 42.5 Å². The molecule has 2 aromatic carbocycles. The van der Waals surface area contributed by atoms with Crippen LogP contribution in [-0.2, 0) is 13.1 Å². The first kappa shape index (κ1) is 9.61. The van der Waals surface area contributed by atoms with Gasteiger partial charge < -0.3 is 0 Å². The molecule has 0 N–H and O–H groups in total. The molecule has 1 aliphatic heterocycles. The lowest BCUT2D eigenvalue weighted by atomic mass is 10.0. The molecule has 1 nitrogen and oxygen atoms in total. The highest BCUT2D eigenvalue weighted by Crippen LogP contribution is 2.27. The van der Waals surface area contributed by atoms with Crippen LogP contribution in [0.1, 0.15) is 11.1 Å². The number of hydrogen-bond acceptors (Lipinski definition) is 1. The summed E-state index contributed by atoms with van der Waals surface area (Å²) in [6, 6.07) is 17.4. The normalized spacial score (nSPS) is 15.1. The maximum absolute atomic E-state index is 2.35. The quantitative estimate of drug-likeness (QED) is 0.696. The van der Waals surface area contributed by atoms with E-state index in [4.69, 9.17) is 0 Å². The lowest BCUT2D eigenvalue weighted by molar-refractivity contribution is 0.353. The number of hydrogen-bond donors (Lipinski definition) is 0. The fourth-order valence-corrected chi connectivity index (χ4v) is 2.38. The predicted octanol–water partition coefficient (Wildman–Crippen LogP) is 3.30. The van der Waals surface area contributed by atoms with Crippen molar-refractivity contribution >= 4 is 0 Å². The van der Waals surface area contributed by atoms with Crippen molar-refractivity contribution in [1.29, 1.82) is 0 Å². The Balaban J connectivity index is 2.03. The van der Waals surface area contributed by atoms with Crippen LogP contribution < -0.4 is 0 Å². The van der Waals surface area contributed by atoms with Gasteiger partial charge in [0.25, 0.3) is 0 Å². The Hall–Kier alpha value is -1.60. The molecule has 0 atom stereocenters. The van der Waals surface area contributed by atoms with E-state index in [0.717, 1.165) is 13.1 Å². The SMILES string of the molecule is CN1Cc2ccc(-c3ccccc3)cc2C1. The molecular weight excluding hydrogens is 194 g/mol. The van der Waals surface area contributed by atoms with Gasteiger partial charge in [-0.15, -0.1) is 0 Å². The lowest BCUT2D eigenvalue weighted by Crippen LogP contribution is -2.07. The van der Waals surface area contributed by atoms with Gasteiger partial charge >= 0.3 is 0 Å². The average molecular weight is 209 g/mol. The summed E-state index contributed by atoms with van der Waals surface area (Å²) in [4.78, 5) is 2.35. The van der Waals surface area contributed by atoms with Crippen molar-refractivity contribution in [2.75, 3.05) is 7.05 Å². The highest BCUT2D eigenvalue weighted by Gasteiger charge is 2.15. The van der Waals surface area contributed by atoms with Crippen molar-refractivity contribution in [2.24, 2.45) is 0 Å². The molecule has 0 aliphatic carbocycles. The second-order valence-corrected chi connectivity index (χ2v) is 4.52. The first-order valence-electron chi connectivity index (χ1n) is 5.69. The maximum Gasteiger partial charge on any atom is 0.0237 e. The van der Waals surface area contributed by atoms with Gasteiger partial charge in [0.2, 0.25) is 0 Å². The van der Waals surface area contributed by atoms with Crippen molar-refractivity contribution in [3.8, 4) is 11.1 Å². The van der Waals surface area contributed by atoms with Crippen molar-refractivity contribution in [3.63, 3.8) is 0 Å². The molecule has 1 aliphatic rings. The molecule has 1 heterocycles. The Morgan fingerprint density at radius 1 is 0.812 bits per heavy atom. The van der Waals surface area contributed by atoms with Gasteiger partial charge in [-0.3, -0.25) is 4.90 Å². The molecule has 0 radical (unpaired) electrons. The van der Waals surface area contributed by atoms with E-state index in [0.29, 0.717) is 0 Å². The topological polar surface area (TPSA) is 3.24 Å². The Kier molecular flexibility index (Phi) is 2.26. The van der Waals surface area contributed by atoms with Crippen LogP contribution in [0.25, 0.3) is 11.1 Å². The van der Waals surface area contributed by atoms with E-state index in [1.807, 2.05) is 0 Å². The van der Waals surface area contributed by atoms with Gasteiger partial charge in [-0.05, 0) is 35.4 Å². The Morgan fingerprint density at radius 2 is 1.56 bits per heavy atom. The molecule has 80 valence electrons. The summed E-state index contributed by atoms with van der Waals surface area (Å²) < 4.78 is 0. The molecule has 0 bridgehead atoms. The van der Waals surface area contributed by atoms with Gasteiger partial charge in [0, 0.05) is 13.1 Å². The molecule has 0 unspecified atom stereocenters. The molecule has 3 rings (SSSR count). The lowest BCUT2D eigenvalue weighted by Gasteiger charge is -2.04. The van der Waals surface area contributed by atoms with Crippen LogP contribution in [-0.4, -0.2) is 11.9 Å². The summed E-state index contributed by atoms with van der Waals surface area (Å²) in [7, 11) is 2.17. The molecule has 0 fully saturated rings. The summed E-state index contributed by atoms with van der Waals surface area (Å²) in [5.74, 6) is 0. The van der Waals surface area contributed by atoms with Crippen LogP contribution in [0, 0.1) is 0 Å². The van der Waals surface area contributed by atoms with E-state index < -0.39 is 0 Å². The van der Waals surface area contributed by atoms with Crippen LogP contribution in [0.15, 0.2) is 48.5 Å². The largest absolute Gasteiger partial charge is 0.298 e. The van der Waals surface area contributed by atoms with Crippen molar-refractivity contribution < 1.29 is 0 Å². The van der Waals surface area contributed by atoms with Crippen LogP contribution in [0.5, 0.6) is 0 Å². The number of fused-ring (bicyclic) bond motifs is 1. The second kappa shape index (κ2) is 3.76. The number of nitrogens with zero attached hydrogens (tertiary/aromatic N) is 1. The highest BCUT2D eigenvalue weighted by molar-refractivity contribution is 5.65. The van der Waals surface area contributed by atoms with Gasteiger partial charge in [0.15, 0.2) is 0 Å². The zero-order valence-corrected chi connectivity index (χ0v) is 9.48. The molecule has 0 spiro atoms. The van der Waals surface area contributed by atoms with E-state index >= 15 is 0 Å². The van der Waals surface area contributed by atoms with Gasteiger partial charge in [-0.25, -0.2) is 0 Å². The first-order chi connectivity index (χ1) is 7.83. The zero-order chi connectivity index (χ0) is 11.0. The van der Waals surface area contributed by atoms with Crippen molar-refractivity contribution in [2.45, 2.75) is 13.1 Å². The molecule has 0 aromatic heterocycles. The third-order valence-electron chi connectivity index (χ3n) is 3.19. The Bertz CT molecular complexity index is 502. The Labute approximate surface area is 96.3 Å². The maximum atomic E-state index is 2.35. The average Bonchev–Trinajstić information content (AvgIpc) is 2.69. The van der Waals surface area contributed by atoms with E-state index in [1.165, 1.54) is 22.3 Å². The standard InChI is InChI=1S/C15H15N/c1-16-10-14-8-7-13(9-15(14)11-16)12-5-3-2-4-6-12/h2-9H,10-11H2,1H3.